The molecule has 0 aromatic heterocycles. The molecule has 7 nitrogen and oxygen atoms in total. The van der Waals surface area contributed by atoms with Crippen LogP contribution < -0.4 is 5.32 Å². The van der Waals surface area contributed by atoms with Crippen LogP contribution in [0.25, 0.3) is 0 Å². The highest BCUT2D eigenvalue weighted by Gasteiger charge is 2.66. The molecule has 2 saturated carbocycles. The van der Waals surface area contributed by atoms with Crippen molar-refractivity contribution in [2.24, 2.45) is 11.8 Å². The zero-order valence-electron chi connectivity index (χ0n) is 15.6. The average Bonchev–Trinajstić information content (AvgIpc) is 3.25. The number of hydrogen-bond donors (Lipinski definition) is 1. The fourth-order valence-corrected chi connectivity index (χ4v) is 4.36. The Labute approximate surface area is 158 Å². The highest BCUT2D eigenvalue weighted by Crippen LogP contribution is 2.53. The summed E-state index contributed by atoms with van der Waals surface area (Å²) in [6.45, 7) is 3.73. The number of nitrogens with one attached hydrogen (secondary N) is 1. The molecular weight excluding hydrogens is 350 g/mol. The molecule has 2 aliphatic rings. The maximum Gasteiger partial charge on any atom is 0.508 e. The molecule has 2 fully saturated rings. The molecule has 2 bridgehead atoms. The second-order valence-corrected chi connectivity index (χ2v) is 6.90. The molecule has 0 unspecified atom stereocenters. The topological polar surface area (TPSA) is 90.9 Å². The monoisotopic (exact) mass is 375 g/mol. The van der Waals surface area contributed by atoms with E-state index in [4.69, 9.17) is 14.2 Å². The van der Waals surface area contributed by atoms with Crippen molar-refractivity contribution in [3.8, 4) is 0 Å². The summed E-state index contributed by atoms with van der Waals surface area (Å²) < 4.78 is 15.7. The smallest absolute Gasteiger partial charge is 0.464 e. The number of amides is 1. The van der Waals surface area contributed by atoms with Gasteiger partial charge in [-0.25, -0.2) is 9.59 Å². The number of rotatable bonds is 6. The Balaban J connectivity index is 1.93. The zero-order valence-corrected chi connectivity index (χ0v) is 15.6. The van der Waals surface area contributed by atoms with Crippen molar-refractivity contribution >= 4 is 18.0 Å². The first-order chi connectivity index (χ1) is 13.0. The van der Waals surface area contributed by atoms with Crippen LogP contribution in [0.15, 0.2) is 30.3 Å². The summed E-state index contributed by atoms with van der Waals surface area (Å²) in [5.41, 5.74) is -0.961. The van der Waals surface area contributed by atoms with Crippen molar-refractivity contribution in [3.63, 3.8) is 0 Å². The highest BCUT2D eigenvalue weighted by molar-refractivity contribution is 5.99. The molecule has 0 spiro atoms. The highest BCUT2D eigenvalue weighted by atomic mass is 16.7. The molecule has 2 aliphatic carbocycles. The first-order valence-corrected chi connectivity index (χ1v) is 9.41. The lowest BCUT2D eigenvalue weighted by Crippen LogP contribution is -2.66. The average molecular weight is 375 g/mol. The van der Waals surface area contributed by atoms with Crippen LogP contribution in [0.5, 0.6) is 0 Å². The lowest BCUT2D eigenvalue weighted by atomic mass is 9.78. The van der Waals surface area contributed by atoms with Crippen LogP contribution in [0.3, 0.4) is 0 Å². The summed E-state index contributed by atoms with van der Waals surface area (Å²) in [5.74, 6) is -1.11. The minimum absolute atomic E-state index is 0.0140. The molecule has 146 valence electrons. The van der Waals surface area contributed by atoms with Crippen LogP contribution in [0, 0.1) is 11.8 Å². The molecule has 4 atom stereocenters. The van der Waals surface area contributed by atoms with Gasteiger partial charge < -0.3 is 19.5 Å². The second kappa shape index (κ2) is 7.98. The number of hydrogen-bond acceptors (Lipinski definition) is 6. The van der Waals surface area contributed by atoms with Gasteiger partial charge in [-0.15, -0.1) is 0 Å². The molecule has 3 rings (SSSR count). The van der Waals surface area contributed by atoms with E-state index in [9.17, 15) is 14.4 Å². The Bertz CT molecular complexity index is 706. The van der Waals surface area contributed by atoms with Crippen molar-refractivity contribution in [1.29, 1.82) is 0 Å². The van der Waals surface area contributed by atoms with Crippen molar-refractivity contribution in [3.05, 3.63) is 35.9 Å². The Morgan fingerprint density at radius 3 is 2.44 bits per heavy atom. The van der Waals surface area contributed by atoms with E-state index < -0.39 is 29.7 Å². The number of carbonyl (C=O) groups is 3. The summed E-state index contributed by atoms with van der Waals surface area (Å²) in [6.07, 6.45) is 0.649. The SMILES string of the molecule is CCOC(=O)O[C@H]1[C@H]2CC[C@H](C2)[C@]1(NC(=O)c1ccccc1)C(=O)OCC. The van der Waals surface area contributed by atoms with E-state index in [1.54, 1.807) is 38.1 Å². The molecule has 0 heterocycles. The molecule has 0 saturated heterocycles. The fourth-order valence-electron chi connectivity index (χ4n) is 4.36. The van der Waals surface area contributed by atoms with Gasteiger partial charge in [-0.1, -0.05) is 18.2 Å². The van der Waals surface area contributed by atoms with Gasteiger partial charge >= 0.3 is 12.1 Å². The zero-order chi connectivity index (χ0) is 19.4. The second-order valence-electron chi connectivity index (χ2n) is 6.90. The third-order valence-electron chi connectivity index (χ3n) is 5.45. The Kier molecular flexibility index (Phi) is 5.68. The van der Waals surface area contributed by atoms with Crippen LogP contribution in [0.4, 0.5) is 4.79 Å². The Hall–Kier alpha value is -2.57. The molecule has 1 aromatic carbocycles. The fraction of sp³-hybridized carbons (Fsp3) is 0.550. The van der Waals surface area contributed by atoms with Crippen LogP contribution in [-0.2, 0) is 19.0 Å². The van der Waals surface area contributed by atoms with Gasteiger partial charge in [0.25, 0.3) is 5.91 Å². The van der Waals surface area contributed by atoms with Crippen LogP contribution in [0.2, 0.25) is 0 Å². The van der Waals surface area contributed by atoms with E-state index in [1.165, 1.54) is 0 Å². The quantitative estimate of drug-likeness (QED) is 0.769. The summed E-state index contributed by atoms with van der Waals surface area (Å²) in [4.78, 5) is 37.9. The van der Waals surface area contributed by atoms with Gasteiger partial charge in [0.05, 0.1) is 13.2 Å². The predicted molar refractivity (Wildman–Crippen MR) is 96.0 cm³/mol. The van der Waals surface area contributed by atoms with Gasteiger partial charge in [-0.05, 0) is 57.1 Å². The van der Waals surface area contributed by atoms with Gasteiger partial charge in [0.2, 0.25) is 0 Å². The minimum Gasteiger partial charge on any atom is -0.464 e. The first-order valence-electron chi connectivity index (χ1n) is 9.41. The largest absolute Gasteiger partial charge is 0.508 e. The standard InChI is InChI=1S/C20H25NO6/c1-3-25-18(23)20(21-17(22)13-8-6-5-7-9-13)15-11-10-14(12-15)16(20)27-19(24)26-4-2/h5-9,14-16H,3-4,10-12H2,1-2H3,(H,21,22)/t14-,15+,16-,20+/m0/s1. The van der Waals surface area contributed by atoms with E-state index in [0.29, 0.717) is 12.0 Å². The predicted octanol–water partition coefficient (Wildman–Crippen LogP) is 2.69. The maximum atomic E-state index is 13.0. The first kappa shape index (κ1) is 19.2. The summed E-state index contributed by atoms with van der Waals surface area (Å²) in [7, 11) is 0. The molecule has 27 heavy (non-hydrogen) atoms. The third kappa shape index (κ3) is 3.50. The van der Waals surface area contributed by atoms with Crippen molar-refractivity contribution in [1.82, 2.24) is 5.32 Å². The van der Waals surface area contributed by atoms with Gasteiger partial charge in [0.15, 0.2) is 5.54 Å². The molecule has 7 heteroatoms. The molecule has 0 aliphatic heterocycles. The molecule has 0 radical (unpaired) electrons. The number of carbonyl (C=O) groups excluding carboxylic acids is 3. The molecular formula is C20H25NO6. The van der Waals surface area contributed by atoms with E-state index in [-0.39, 0.29) is 25.0 Å². The van der Waals surface area contributed by atoms with E-state index in [1.807, 2.05) is 6.07 Å². The van der Waals surface area contributed by atoms with Crippen molar-refractivity contribution in [2.45, 2.75) is 44.8 Å². The Morgan fingerprint density at radius 2 is 1.78 bits per heavy atom. The van der Waals surface area contributed by atoms with E-state index in [2.05, 4.69) is 5.32 Å². The molecule has 1 aromatic rings. The molecule has 1 N–H and O–H groups in total. The number of ether oxygens (including phenoxy) is 3. The van der Waals surface area contributed by atoms with Crippen LogP contribution in [-0.4, -0.2) is 42.9 Å². The third-order valence-corrected chi connectivity index (χ3v) is 5.45. The summed E-state index contributed by atoms with van der Waals surface area (Å²) in [5, 5.41) is 2.88. The van der Waals surface area contributed by atoms with Gasteiger partial charge in [0.1, 0.15) is 6.10 Å². The number of benzene rings is 1. The number of esters is 1. The van der Waals surface area contributed by atoms with Crippen molar-refractivity contribution < 1.29 is 28.6 Å². The van der Waals surface area contributed by atoms with E-state index in [0.717, 1.165) is 12.8 Å². The van der Waals surface area contributed by atoms with Crippen LogP contribution >= 0.6 is 0 Å². The summed E-state index contributed by atoms with van der Waals surface area (Å²) in [6, 6.07) is 8.64. The minimum atomic E-state index is -1.39. The van der Waals surface area contributed by atoms with Crippen LogP contribution in [0.1, 0.15) is 43.5 Å². The molecule has 1 amide bonds. The maximum absolute atomic E-state index is 13.0. The number of fused-ring (bicyclic) bond motifs is 2. The summed E-state index contributed by atoms with van der Waals surface area (Å²) >= 11 is 0. The van der Waals surface area contributed by atoms with Crippen molar-refractivity contribution in [2.75, 3.05) is 13.2 Å². The van der Waals surface area contributed by atoms with E-state index >= 15 is 0 Å². The van der Waals surface area contributed by atoms with Gasteiger partial charge in [0, 0.05) is 5.56 Å². The Morgan fingerprint density at radius 1 is 1.07 bits per heavy atom. The van der Waals surface area contributed by atoms with Gasteiger partial charge in [-0.3, -0.25) is 4.79 Å². The van der Waals surface area contributed by atoms with Gasteiger partial charge in [-0.2, -0.15) is 0 Å². The normalized spacial score (nSPS) is 28.4. The lowest BCUT2D eigenvalue weighted by Gasteiger charge is -2.41. The lowest BCUT2D eigenvalue weighted by molar-refractivity contribution is -0.160.